The molecule has 0 aromatic heterocycles. The molecule has 2 aromatic carbocycles. The maximum absolute atomic E-state index is 12.3. The first-order valence-corrected chi connectivity index (χ1v) is 9.42. The number of carbonyl (C=O) groups excluding carboxylic acids is 1. The van der Waals surface area contributed by atoms with Gasteiger partial charge in [0, 0.05) is 0 Å². The molecule has 0 fully saturated rings. The van der Waals surface area contributed by atoms with Crippen molar-refractivity contribution in [3.8, 4) is 11.5 Å². The first kappa shape index (κ1) is 20.8. The first-order chi connectivity index (χ1) is 12.7. The number of benzene rings is 2. The average Bonchev–Trinajstić information content (AvgIpc) is 2.57. The summed E-state index contributed by atoms with van der Waals surface area (Å²) in [4.78, 5) is 12.3. The second kappa shape index (κ2) is 8.94. The van der Waals surface area contributed by atoms with Crippen molar-refractivity contribution in [2.75, 3.05) is 13.2 Å². The van der Waals surface area contributed by atoms with Crippen molar-refractivity contribution in [2.24, 2.45) is 0 Å². The van der Waals surface area contributed by atoms with Crippen LogP contribution in [-0.4, -0.2) is 25.2 Å². The zero-order chi connectivity index (χ0) is 20.0. The van der Waals surface area contributed by atoms with Crippen molar-refractivity contribution < 1.29 is 14.3 Å². The number of carbonyl (C=O) groups is 1. The lowest BCUT2D eigenvalue weighted by Gasteiger charge is -2.22. The number of amides is 1. The van der Waals surface area contributed by atoms with Crippen LogP contribution < -0.4 is 14.8 Å². The number of nitrogens with one attached hydrogen (secondary N) is 1. The summed E-state index contributed by atoms with van der Waals surface area (Å²) in [6, 6.07) is 14.0. The number of hydrogen-bond acceptors (Lipinski definition) is 3. The average molecular weight is 370 g/mol. The molecule has 0 aliphatic carbocycles. The van der Waals surface area contributed by atoms with Crippen molar-refractivity contribution >= 4 is 5.91 Å². The van der Waals surface area contributed by atoms with Crippen LogP contribution in [0.15, 0.2) is 42.5 Å². The molecule has 1 unspecified atom stereocenters. The largest absolute Gasteiger partial charge is 0.491 e. The van der Waals surface area contributed by atoms with Crippen LogP contribution in [0.5, 0.6) is 11.5 Å². The van der Waals surface area contributed by atoms with Gasteiger partial charge in [-0.05, 0) is 61.1 Å². The minimum atomic E-state index is -0.562. The van der Waals surface area contributed by atoms with Crippen LogP contribution in [0, 0.1) is 13.8 Å². The highest BCUT2D eigenvalue weighted by Gasteiger charge is 2.18. The van der Waals surface area contributed by atoms with Gasteiger partial charge in [0.1, 0.15) is 18.1 Å². The molecule has 1 atom stereocenters. The van der Waals surface area contributed by atoms with Crippen molar-refractivity contribution in [2.45, 2.75) is 53.1 Å². The number of hydrogen-bond donors (Lipinski definition) is 1. The Morgan fingerprint density at radius 1 is 1.07 bits per heavy atom. The lowest BCUT2D eigenvalue weighted by molar-refractivity contribution is -0.127. The third-order valence-electron chi connectivity index (χ3n) is 4.23. The Balaban J connectivity index is 1.82. The monoisotopic (exact) mass is 369 g/mol. The lowest BCUT2D eigenvalue weighted by atomic mass is 9.86. The Morgan fingerprint density at radius 2 is 1.70 bits per heavy atom. The van der Waals surface area contributed by atoms with Crippen LogP contribution in [-0.2, 0) is 10.2 Å². The summed E-state index contributed by atoms with van der Waals surface area (Å²) >= 11 is 0. The molecule has 1 amide bonds. The predicted octanol–water partition coefficient (Wildman–Crippen LogP) is 4.56. The molecular weight excluding hydrogens is 338 g/mol. The van der Waals surface area contributed by atoms with Gasteiger partial charge in [-0.1, -0.05) is 45.0 Å². The van der Waals surface area contributed by atoms with E-state index in [1.165, 1.54) is 0 Å². The zero-order valence-electron chi connectivity index (χ0n) is 17.3. The molecule has 0 aliphatic rings. The van der Waals surface area contributed by atoms with E-state index in [-0.39, 0.29) is 11.3 Å². The van der Waals surface area contributed by atoms with Crippen LogP contribution in [0.25, 0.3) is 0 Å². The van der Waals surface area contributed by atoms with E-state index in [1.54, 1.807) is 6.92 Å². The first-order valence-electron chi connectivity index (χ1n) is 9.42. The molecular formula is C23H31NO3. The van der Waals surface area contributed by atoms with E-state index in [0.29, 0.717) is 18.9 Å². The summed E-state index contributed by atoms with van der Waals surface area (Å²) in [5, 5.41) is 2.87. The maximum Gasteiger partial charge on any atom is 0.260 e. The molecule has 0 spiro atoms. The van der Waals surface area contributed by atoms with E-state index in [9.17, 15) is 4.79 Å². The van der Waals surface area contributed by atoms with Gasteiger partial charge in [-0.25, -0.2) is 0 Å². The van der Waals surface area contributed by atoms with Gasteiger partial charge in [-0.2, -0.15) is 0 Å². The molecule has 2 rings (SSSR count). The number of ether oxygens (including phenoxy) is 2. The minimum absolute atomic E-state index is 0.00808. The highest BCUT2D eigenvalue weighted by Crippen LogP contribution is 2.30. The molecule has 0 bridgehead atoms. The van der Waals surface area contributed by atoms with Gasteiger partial charge in [0.05, 0.1) is 6.54 Å². The molecule has 1 N–H and O–H groups in total. The van der Waals surface area contributed by atoms with Crippen molar-refractivity contribution in [3.63, 3.8) is 0 Å². The van der Waals surface area contributed by atoms with Crippen LogP contribution in [0.2, 0.25) is 0 Å². The second-order valence-corrected chi connectivity index (χ2v) is 7.97. The topological polar surface area (TPSA) is 47.6 Å². The van der Waals surface area contributed by atoms with E-state index >= 15 is 0 Å². The Kier molecular flexibility index (Phi) is 6.89. The van der Waals surface area contributed by atoms with Gasteiger partial charge in [-0.3, -0.25) is 4.79 Å². The van der Waals surface area contributed by atoms with Gasteiger partial charge in [0.25, 0.3) is 5.91 Å². The smallest absolute Gasteiger partial charge is 0.260 e. The number of rotatable bonds is 7. The summed E-state index contributed by atoms with van der Waals surface area (Å²) < 4.78 is 11.7. The van der Waals surface area contributed by atoms with Crippen LogP contribution in [0.3, 0.4) is 0 Å². The summed E-state index contributed by atoms with van der Waals surface area (Å²) in [5.41, 5.74) is 3.39. The molecule has 2 aromatic rings. The molecule has 0 saturated heterocycles. The quantitative estimate of drug-likeness (QED) is 0.728. The minimum Gasteiger partial charge on any atom is -0.491 e. The molecule has 4 nitrogen and oxygen atoms in total. The fourth-order valence-electron chi connectivity index (χ4n) is 2.95. The number of para-hydroxylation sites is 1. The summed E-state index contributed by atoms with van der Waals surface area (Å²) in [6.45, 7) is 13.1. The van der Waals surface area contributed by atoms with E-state index in [2.05, 4.69) is 38.2 Å². The molecule has 27 heavy (non-hydrogen) atoms. The van der Waals surface area contributed by atoms with Crippen LogP contribution in [0.4, 0.5) is 0 Å². The highest BCUT2D eigenvalue weighted by molar-refractivity contribution is 5.80. The molecule has 4 heteroatoms. The molecule has 146 valence electrons. The molecule has 0 aliphatic heterocycles. The zero-order valence-corrected chi connectivity index (χ0v) is 17.3. The van der Waals surface area contributed by atoms with E-state index in [4.69, 9.17) is 9.47 Å². The van der Waals surface area contributed by atoms with Gasteiger partial charge in [-0.15, -0.1) is 0 Å². The van der Waals surface area contributed by atoms with Crippen molar-refractivity contribution in [3.05, 3.63) is 59.2 Å². The second-order valence-electron chi connectivity index (χ2n) is 7.97. The summed E-state index contributed by atoms with van der Waals surface area (Å²) in [5.74, 6) is 1.42. The maximum atomic E-state index is 12.3. The highest BCUT2D eigenvalue weighted by atomic mass is 16.5. The van der Waals surface area contributed by atoms with E-state index in [1.807, 2.05) is 44.2 Å². The summed E-state index contributed by atoms with van der Waals surface area (Å²) in [6.07, 6.45) is -0.562. The normalized spacial score (nSPS) is 12.4. The van der Waals surface area contributed by atoms with Gasteiger partial charge in [0.2, 0.25) is 0 Å². The van der Waals surface area contributed by atoms with Gasteiger partial charge < -0.3 is 14.8 Å². The van der Waals surface area contributed by atoms with E-state index in [0.717, 1.165) is 22.4 Å². The Hall–Kier alpha value is -2.49. The fraction of sp³-hybridized carbons (Fsp3) is 0.435. The number of aryl methyl sites for hydroxylation is 2. The third-order valence-corrected chi connectivity index (χ3v) is 4.23. The molecule has 0 saturated carbocycles. The van der Waals surface area contributed by atoms with E-state index < -0.39 is 6.10 Å². The van der Waals surface area contributed by atoms with Gasteiger partial charge >= 0.3 is 0 Å². The van der Waals surface area contributed by atoms with Gasteiger partial charge in [0.15, 0.2) is 6.10 Å². The molecule has 0 heterocycles. The third kappa shape index (κ3) is 6.31. The van der Waals surface area contributed by atoms with Crippen LogP contribution in [0.1, 0.15) is 44.4 Å². The Bertz CT molecular complexity index is 757. The Labute approximate surface area is 162 Å². The Morgan fingerprint density at radius 3 is 2.33 bits per heavy atom. The summed E-state index contributed by atoms with van der Waals surface area (Å²) in [7, 11) is 0. The lowest BCUT2D eigenvalue weighted by Crippen LogP contribution is -2.38. The van der Waals surface area contributed by atoms with Crippen molar-refractivity contribution in [1.29, 1.82) is 0 Å². The van der Waals surface area contributed by atoms with Crippen LogP contribution >= 0.6 is 0 Å². The molecule has 0 radical (unpaired) electrons. The standard InChI is InChI=1S/C23H31NO3/c1-16-13-17(2)15-19(14-16)27-18(3)22(25)24-11-12-26-21-10-8-7-9-20(21)23(4,5)6/h7-10,13-15,18H,11-12H2,1-6H3,(H,24,25). The van der Waals surface area contributed by atoms with Crippen molar-refractivity contribution in [1.82, 2.24) is 5.32 Å². The fourth-order valence-corrected chi connectivity index (χ4v) is 2.95. The predicted molar refractivity (Wildman–Crippen MR) is 110 cm³/mol. The SMILES string of the molecule is Cc1cc(C)cc(OC(C)C(=O)NCCOc2ccccc2C(C)(C)C)c1.